The number of benzene rings is 2. The van der Waals surface area contributed by atoms with Crippen LogP contribution in [-0.2, 0) is 10.0 Å². The van der Waals surface area contributed by atoms with Crippen molar-refractivity contribution >= 4 is 15.7 Å². The van der Waals surface area contributed by atoms with E-state index in [-0.39, 0.29) is 10.6 Å². The summed E-state index contributed by atoms with van der Waals surface area (Å²) in [6.45, 7) is 0. The fraction of sp³-hybridized carbons (Fsp3) is 0.118. The van der Waals surface area contributed by atoms with Crippen LogP contribution in [0.25, 0.3) is 11.3 Å². The molecule has 130 valence electrons. The maximum atomic E-state index is 12.8. The zero-order chi connectivity index (χ0) is 17.9. The van der Waals surface area contributed by atoms with Gasteiger partial charge in [0.15, 0.2) is 5.76 Å². The van der Waals surface area contributed by atoms with Gasteiger partial charge in [-0.15, -0.1) is 0 Å². The number of hydrogen-bond acceptors (Lipinski definition) is 6. The van der Waals surface area contributed by atoms with Crippen LogP contribution >= 0.6 is 0 Å². The fourth-order valence-electron chi connectivity index (χ4n) is 2.34. The molecule has 0 unspecified atom stereocenters. The van der Waals surface area contributed by atoms with Crippen LogP contribution in [0.3, 0.4) is 0 Å². The molecule has 0 amide bonds. The average Bonchev–Trinajstić information content (AvgIpc) is 3.16. The minimum absolute atomic E-state index is 0.00386. The molecule has 0 bridgehead atoms. The van der Waals surface area contributed by atoms with E-state index in [1.165, 1.54) is 26.5 Å². The molecule has 0 fully saturated rings. The number of ether oxygens (including phenoxy) is 2. The highest BCUT2D eigenvalue weighted by Crippen LogP contribution is 2.32. The number of sulfonamides is 1. The highest BCUT2D eigenvalue weighted by Gasteiger charge is 2.22. The molecule has 3 rings (SSSR count). The van der Waals surface area contributed by atoms with Crippen LogP contribution < -0.4 is 14.2 Å². The van der Waals surface area contributed by atoms with Crippen molar-refractivity contribution in [2.45, 2.75) is 4.90 Å². The van der Waals surface area contributed by atoms with Crippen LogP contribution in [0.15, 0.2) is 64.1 Å². The quantitative estimate of drug-likeness (QED) is 0.726. The molecule has 8 heteroatoms. The fourth-order valence-corrected chi connectivity index (χ4v) is 3.56. The maximum Gasteiger partial charge on any atom is 0.265 e. The van der Waals surface area contributed by atoms with Gasteiger partial charge in [-0.2, -0.15) is 0 Å². The van der Waals surface area contributed by atoms with Gasteiger partial charge >= 0.3 is 0 Å². The number of anilines is 1. The number of aromatic nitrogens is 1. The third-order valence-corrected chi connectivity index (χ3v) is 4.93. The Hall–Kier alpha value is -3.00. The summed E-state index contributed by atoms with van der Waals surface area (Å²) < 4.78 is 43.6. The third kappa shape index (κ3) is 3.43. The van der Waals surface area contributed by atoms with Crippen LogP contribution in [0.1, 0.15) is 0 Å². The van der Waals surface area contributed by atoms with E-state index in [2.05, 4.69) is 9.88 Å². The lowest BCUT2D eigenvalue weighted by molar-refractivity contribution is 0.402. The van der Waals surface area contributed by atoms with Gasteiger partial charge in [0.05, 0.1) is 26.1 Å². The summed E-state index contributed by atoms with van der Waals surface area (Å²) in [5, 5.41) is 3.64. The van der Waals surface area contributed by atoms with Gasteiger partial charge in [-0.05, 0) is 30.3 Å². The second-order valence-corrected chi connectivity index (χ2v) is 6.70. The summed E-state index contributed by atoms with van der Waals surface area (Å²) in [6.07, 6.45) is 1.51. The van der Waals surface area contributed by atoms with E-state index < -0.39 is 10.0 Å². The van der Waals surface area contributed by atoms with E-state index in [1.54, 1.807) is 42.5 Å². The van der Waals surface area contributed by atoms with E-state index >= 15 is 0 Å². The van der Waals surface area contributed by atoms with E-state index in [0.717, 1.165) is 0 Å². The Bertz CT molecular complexity index is 968. The summed E-state index contributed by atoms with van der Waals surface area (Å²) >= 11 is 0. The molecular formula is C17H16N2O5S. The molecule has 0 aliphatic carbocycles. The van der Waals surface area contributed by atoms with Gasteiger partial charge in [0.2, 0.25) is 0 Å². The Morgan fingerprint density at radius 3 is 2.44 bits per heavy atom. The molecular weight excluding hydrogens is 344 g/mol. The number of nitrogens with one attached hydrogen (secondary N) is 1. The third-order valence-electron chi connectivity index (χ3n) is 3.53. The first-order valence-electron chi connectivity index (χ1n) is 7.30. The van der Waals surface area contributed by atoms with Crippen LogP contribution in [0.2, 0.25) is 0 Å². The predicted molar refractivity (Wildman–Crippen MR) is 92.3 cm³/mol. The molecule has 1 aromatic heterocycles. The van der Waals surface area contributed by atoms with E-state index in [9.17, 15) is 8.42 Å². The molecule has 0 aliphatic heterocycles. The van der Waals surface area contributed by atoms with E-state index in [0.29, 0.717) is 22.8 Å². The smallest absolute Gasteiger partial charge is 0.265 e. The maximum absolute atomic E-state index is 12.8. The number of nitrogens with zero attached hydrogens (tertiary/aromatic N) is 1. The molecule has 2 aromatic carbocycles. The van der Waals surface area contributed by atoms with Crippen LogP contribution in [0, 0.1) is 0 Å². The van der Waals surface area contributed by atoms with Crippen LogP contribution in [0.4, 0.5) is 5.69 Å². The SMILES string of the molecule is COc1ccccc1NS(=O)(=O)c1ccc(-c2ccno2)cc1OC. The highest BCUT2D eigenvalue weighted by atomic mass is 32.2. The van der Waals surface area contributed by atoms with Crippen molar-refractivity contribution in [1.82, 2.24) is 5.16 Å². The topological polar surface area (TPSA) is 90.7 Å². The zero-order valence-electron chi connectivity index (χ0n) is 13.6. The lowest BCUT2D eigenvalue weighted by Crippen LogP contribution is -2.14. The lowest BCUT2D eigenvalue weighted by atomic mass is 10.1. The van der Waals surface area contributed by atoms with Crippen LogP contribution in [0.5, 0.6) is 11.5 Å². The number of methoxy groups -OCH3 is 2. The Kier molecular flexibility index (Phi) is 4.62. The monoisotopic (exact) mass is 360 g/mol. The van der Waals surface area contributed by atoms with Gasteiger partial charge in [-0.3, -0.25) is 4.72 Å². The van der Waals surface area contributed by atoms with E-state index in [4.69, 9.17) is 14.0 Å². The molecule has 0 radical (unpaired) electrons. The average molecular weight is 360 g/mol. The van der Waals surface area contributed by atoms with Gasteiger partial charge in [-0.1, -0.05) is 17.3 Å². The Morgan fingerprint density at radius 2 is 1.76 bits per heavy atom. The molecule has 0 saturated heterocycles. The van der Waals surface area contributed by atoms with Gasteiger partial charge in [-0.25, -0.2) is 8.42 Å². The van der Waals surface area contributed by atoms with Crippen LogP contribution in [-0.4, -0.2) is 27.8 Å². The van der Waals surface area contributed by atoms with Crippen molar-refractivity contribution in [3.8, 4) is 22.8 Å². The molecule has 1 N–H and O–H groups in total. The molecule has 0 atom stereocenters. The van der Waals surface area contributed by atoms with Crippen molar-refractivity contribution in [2.24, 2.45) is 0 Å². The molecule has 3 aromatic rings. The second-order valence-electron chi connectivity index (χ2n) is 5.05. The first-order valence-corrected chi connectivity index (χ1v) is 8.78. The van der Waals surface area contributed by atoms with Crippen molar-refractivity contribution in [3.05, 3.63) is 54.7 Å². The molecule has 0 aliphatic rings. The summed E-state index contributed by atoms with van der Waals surface area (Å²) in [7, 11) is -0.999. The lowest BCUT2D eigenvalue weighted by Gasteiger charge is -2.14. The number of hydrogen-bond donors (Lipinski definition) is 1. The summed E-state index contributed by atoms with van der Waals surface area (Å²) in [6, 6.07) is 13.1. The summed E-state index contributed by atoms with van der Waals surface area (Å²) in [5.74, 6) is 1.12. The van der Waals surface area contributed by atoms with Crippen molar-refractivity contribution in [1.29, 1.82) is 0 Å². The number of rotatable bonds is 6. The zero-order valence-corrected chi connectivity index (χ0v) is 14.4. The second kappa shape index (κ2) is 6.86. The minimum Gasteiger partial charge on any atom is -0.495 e. The molecule has 0 saturated carbocycles. The van der Waals surface area contributed by atoms with E-state index in [1.807, 2.05) is 0 Å². The molecule has 1 heterocycles. The predicted octanol–water partition coefficient (Wildman–Crippen LogP) is 3.16. The van der Waals surface area contributed by atoms with Crippen molar-refractivity contribution < 1.29 is 22.4 Å². The first-order chi connectivity index (χ1) is 12.0. The first kappa shape index (κ1) is 16.8. The van der Waals surface area contributed by atoms with Gasteiger partial charge < -0.3 is 14.0 Å². The highest BCUT2D eigenvalue weighted by molar-refractivity contribution is 7.92. The molecule has 0 spiro atoms. The number of para-hydroxylation sites is 2. The van der Waals surface area contributed by atoms with Gasteiger partial charge in [0, 0.05) is 11.6 Å². The van der Waals surface area contributed by atoms with Gasteiger partial charge in [0.1, 0.15) is 16.4 Å². The van der Waals surface area contributed by atoms with Crippen molar-refractivity contribution in [2.75, 3.05) is 18.9 Å². The Balaban J connectivity index is 1.99. The van der Waals surface area contributed by atoms with Gasteiger partial charge in [0.25, 0.3) is 10.0 Å². The van der Waals surface area contributed by atoms with Crippen molar-refractivity contribution in [3.63, 3.8) is 0 Å². The minimum atomic E-state index is -3.88. The normalized spacial score (nSPS) is 11.1. The summed E-state index contributed by atoms with van der Waals surface area (Å²) in [4.78, 5) is 0.00386. The summed E-state index contributed by atoms with van der Waals surface area (Å²) in [5.41, 5.74) is 0.997. The Morgan fingerprint density at radius 1 is 1.00 bits per heavy atom. The Labute approximate surface area is 145 Å². The largest absolute Gasteiger partial charge is 0.495 e. The molecule has 7 nitrogen and oxygen atoms in total. The molecule has 25 heavy (non-hydrogen) atoms. The standard InChI is InChI=1S/C17H16N2O5S/c1-22-15-6-4-3-5-13(15)19-25(20,21)17-8-7-12(11-16(17)23-2)14-9-10-18-24-14/h3-11,19H,1-2H3.